The molecule has 0 aliphatic carbocycles. The van der Waals surface area contributed by atoms with Crippen molar-refractivity contribution in [2.45, 2.75) is 0 Å². The highest BCUT2D eigenvalue weighted by Crippen LogP contribution is 2.30. The zero-order valence-electron chi connectivity index (χ0n) is 6.58. The van der Waals surface area contributed by atoms with Crippen LogP contribution in [0.1, 0.15) is 0 Å². The lowest BCUT2D eigenvalue weighted by Crippen LogP contribution is -2.15. The molecule has 14 heavy (non-hydrogen) atoms. The van der Waals surface area contributed by atoms with Gasteiger partial charge in [-0.3, -0.25) is 0 Å². The SMILES string of the molecule is n1nnc2c(n1)Nc1nnnnc1N2. The summed E-state index contributed by atoms with van der Waals surface area (Å²) in [6.45, 7) is 0. The van der Waals surface area contributed by atoms with E-state index in [1.807, 2.05) is 0 Å². The van der Waals surface area contributed by atoms with Crippen molar-refractivity contribution in [2.24, 2.45) is 0 Å². The summed E-state index contributed by atoms with van der Waals surface area (Å²) in [7, 11) is 0. The highest BCUT2D eigenvalue weighted by Gasteiger charge is 2.19. The largest absolute Gasteiger partial charge is 0.315 e. The molecule has 0 amide bonds. The molecule has 2 aromatic heterocycles. The first-order valence-electron chi connectivity index (χ1n) is 3.59. The Morgan fingerprint density at radius 2 is 0.786 bits per heavy atom. The van der Waals surface area contributed by atoms with Crippen molar-refractivity contribution in [3.63, 3.8) is 0 Å². The first-order valence-corrected chi connectivity index (χ1v) is 3.59. The zero-order valence-corrected chi connectivity index (χ0v) is 6.58. The van der Waals surface area contributed by atoms with Crippen molar-refractivity contribution >= 4 is 23.3 Å². The number of rotatable bonds is 0. The number of hydrogen-bond donors (Lipinski definition) is 2. The summed E-state index contributed by atoms with van der Waals surface area (Å²) in [6.07, 6.45) is 0. The van der Waals surface area contributed by atoms with Crippen molar-refractivity contribution in [3.05, 3.63) is 0 Å². The Morgan fingerprint density at radius 3 is 1.07 bits per heavy atom. The Balaban J connectivity index is 2.12. The van der Waals surface area contributed by atoms with E-state index in [4.69, 9.17) is 0 Å². The summed E-state index contributed by atoms with van der Waals surface area (Å²) in [5.41, 5.74) is 0. The van der Waals surface area contributed by atoms with E-state index in [2.05, 4.69) is 51.9 Å². The molecule has 0 fully saturated rings. The van der Waals surface area contributed by atoms with Gasteiger partial charge in [-0.1, -0.05) is 0 Å². The van der Waals surface area contributed by atoms with Gasteiger partial charge in [-0.15, -0.1) is 20.4 Å². The molecule has 0 aromatic carbocycles. The van der Waals surface area contributed by atoms with Gasteiger partial charge in [-0.2, -0.15) is 0 Å². The molecular weight excluding hydrogens is 188 g/mol. The van der Waals surface area contributed by atoms with Crippen LogP contribution < -0.4 is 10.6 Å². The molecule has 0 unspecified atom stereocenters. The predicted molar refractivity (Wildman–Crippen MR) is 41.8 cm³/mol. The molecule has 1 aliphatic heterocycles. The second-order valence-electron chi connectivity index (χ2n) is 2.40. The van der Waals surface area contributed by atoms with E-state index in [-0.39, 0.29) is 0 Å². The molecule has 3 rings (SSSR count). The Labute approximate surface area is 76.2 Å². The maximum atomic E-state index is 3.70. The molecule has 0 radical (unpaired) electrons. The van der Waals surface area contributed by atoms with E-state index < -0.39 is 0 Å². The third-order valence-electron chi connectivity index (χ3n) is 1.58. The molecule has 0 saturated carbocycles. The average Bonchev–Trinajstić information content (AvgIpc) is 2.26. The molecule has 2 N–H and O–H groups in total. The summed E-state index contributed by atoms with van der Waals surface area (Å²) >= 11 is 0. The number of fused-ring (bicyclic) bond motifs is 2. The smallest absolute Gasteiger partial charge is 0.201 e. The number of nitrogens with one attached hydrogen (secondary N) is 2. The van der Waals surface area contributed by atoms with Gasteiger partial charge in [-0.05, 0) is 20.9 Å². The Morgan fingerprint density at radius 1 is 0.500 bits per heavy atom. The van der Waals surface area contributed by atoms with Gasteiger partial charge in [0.2, 0.25) is 23.3 Å². The lowest BCUT2D eigenvalue weighted by Gasteiger charge is -2.14. The highest BCUT2D eigenvalue weighted by molar-refractivity contribution is 5.80. The van der Waals surface area contributed by atoms with E-state index in [9.17, 15) is 0 Å². The highest BCUT2D eigenvalue weighted by atomic mass is 15.5. The van der Waals surface area contributed by atoms with Crippen LogP contribution in [-0.4, -0.2) is 41.2 Å². The van der Waals surface area contributed by atoms with Crippen LogP contribution in [0.3, 0.4) is 0 Å². The summed E-state index contributed by atoms with van der Waals surface area (Å²) in [5, 5.41) is 34.0. The molecule has 0 spiro atoms. The monoisotopic (exact) mass is 190 g/mol. The van der Waals surface area contributed by atoms with E-state index in [1.54, 1.807) is 0 Å². The lowest BCUT2D eigenvalue weighted by atomic mass is 10.4. The molecule has 3 heterocycles. The molecule has 1 aliphatic rings. The fraction of sp³-hybridized carbons (Fsp3) is 0. The second-order valence-corrected chi connectivity index (χ2v) is 2.40. The molecule has 0 bridgehead atoms. The van der Waals surface area contributed by atoms with Crippen LogP contribution in [-0.2, 0) is 0 Å². The third kappa shape index (κ3) is 0.903. The molecule has 10 nitrogen and oxygen atoms in total. The Hall–Kier alpha value is -2.52. The van der Waals surface area contributed by atoms with E-state index >= 15 is 0 Å². The normalized spacial score (nSPS) is 12.0. The van der Waals surface area contributed by atoms with Gasteiger partial charge in [0.15, 0.2) is 0 Å². The van der Waals surface area contributed by atoms with Gasteiger partial charge >= 0.3 is 0 Å². The molecule has 0 atom stereocenters. The van der Waals surface area contributed by atoms with Crippen LogP contribution in [0.25, 0.3) is 0 Å². The first kappa shape index (κ1) is 6.94. The Kier molecular flexibility index (Phi) is 1.23. The standard InChI is InChI=1S/C4H2N10/c5-1-2(8-12-11-7-1)6-4-3(5)9-13-14-10-4/h(H,5,7,9,12,14)(H,6,8,10,11,13). The third-order valence-corrected chi connectivity index (χ3v) is 1.58. The molecule has 10 heteroatoms. The minimum absolute atomic E-state index is 0.426. The fourth-order valence-corrected chi connectivity index (χ4v) is 1.01. The van der Waals surface area contributed by atoms with Crippen LogP contribution in [0.4, 0.5) is 23.3 Å². The predicted octanol–water partition coefficient (Wildman–Crippen LogP) is -1.35. The lowest BCUT2D eigenvalue weighted by molar-refractivity contribution is 0.747. The van der Waals surface area contributed by atoms with Crippen molar-refractivity contribution < 1.29 is 0 Å². The van der Waals surface area contributed by atoms with E-state index in [0.717, 1.165) is 0 Å². The minimum Gasteiger partial charge on any atom is -0.315 e. The van der Waals surface area contributed by atoms with Crippen molar-refractivity contribution in [3.8, 4) is 0 Å². The van der Waals surface area contributed by atoms with E-state index in [0.29, 0.717) is 23.3 Å². The van der Waals surface area contributed by atoms with Gasteiger partial charge in [-0.25, -0.2) is 0 Å². The minimum atomic E-state index is 0.426. The summed E-state index contributed by atoms with van der Waals surface area (Å²) in [4.78, 5) is 0. The summed E-state index contributed by atoms with van der Waals surface area (Å²) in [6, 6.07) is 0. The van der Waals surface area contributed by atoms with Crippen LogP contribution in [0.5, 0.6) is 0 Å². The zero-order chi connectivity index (χ0) is 9.38. The van der Waals surface area contributed by atoms with Gasteiger partial charge in [0.05, 0.1) is 0 Å². The first-order chi connectivity index (χ1) is 6.93. The van der Waals surface area contributed by atoms with Crippen molar-refractivity contribution in [2.75, 3.05) is 10.6 Å². The Bertz CT molecular complexity index is 394. The van der Waals surface area contributed by atoms with Gasteiger partial charge < -0.3 is 10.6 Å². The van der Waals surface area contributed by atoms with Crippen molar-refractivity contribution in [1.29, 1.82) is 0 Å². The van der Waals surface area contributed by atoms with Gasteiger partial charge in [0, 0.05) is 0 Å². The van der Waals surface area contributed by atoms with Crippen LogP contribution >= 0.6 is 0 Å². The van der Waals surface area contributed by atoms with Gasteiger partial charge in [0.1, 0.15) is 0 Å². The molecule has 68 valence electrons. The second kappa shape index (κ2) is 2.48. The van der Waals surface area contributed by atoms with E-state index in [1.165, 1.54) is 0 Å². The fourth-order valence-electron chi connectivity index (χ4n) is 1.01. The molecular formula is C4H2N10. The quantitative estimate of drug-likeness (QED) is 0.438. The maximum absolute atomic E-state index is 3.70. The summed E-state index contributed by atoms with van der Waals surface area (Å²) < 4.78 is 0. The van der Waals surface area contributed by atoms with Crippen LogP contribution in [0.15, 0.2) is 0 Å². The number of nitrogens with zero attached hydrogens (tertiary/aromatic N) is 8. The number of anilines is 4. The number of hydrogen-bond acceptors (Lipinski definition) is 10. The summed E-state index contributed by atoms with van der Waals surface area (Å²) in [5.74, 6) is 1.70. The van der Waals surface area contributed by atoms with Crippen LogP contribution in [0, 0.1) is 0 Å². The average molecular weight is 190 g/mol. The number of aromatic nitrogens is 8. The topological polar surface area (TPSA) is 127 Å². The van der Waals surface area contributed by atoms with Crippen LogP contribution in [0.2, 0.25) is 0 Å². The van der Waals surface area contributed by atoms with Gasteiger partial charge in [0.25, 0.3) is 0 Å². The molecule has 0 saturated heterocycles. The molecule has 2 aromatic rings. The van der Waals surface area contributed by atoms with Crippen molar-refractivity contribution in [1.82, 2.24) is 41.2 Å². The maximum Gasteiger partial charge on any atom is 0.201 e.